The minimum Gasteiger partial charge on any atom is -0.504 e. The zero-order chi connectivity index (χ0) is 24.9. The maximum absolute atomic E-state index is 13.0. The van der Waals surface area contributed by atoms with Gasteiger partial charge in [-0.15, -0.1) is 0 Å². The molecular formula is C30H31N3O4. The number of aliphatic hydroxyl groups is 1. The molecule has 3 fully saturated rings. The lowest BCUT2D eigenvalue weighted by atomic mass is 9.47. The molecule has 1 amide bonds. The summed E-state index contributed by atoms with van der Waals surface area (Å²) in [7, 11) is 0. The maximum atomic E-state index is 13.0. The summed E-state index contributed by atoms with van der Waals surface area (Å²) in [5.74, 6) is 1.01. The zero-order valence-electron chi connectivity index (χ0n) is 20.7. The van der Waals surface area contributed by atoms with Crippen LogP contribution >= 0.6 is 0 Å². The summed E-state index contributed by atoms with van der Waals surface area (Å²) in [6.07, 6.45) is 8.71. The van der Waals surface area contributed by atoms with Crippen molar-refractivity contribution in [3.63, 3.8) is 0 Å². The number of hydrogen-bond acceptors (Lipinski definition) is 5. The molecule has 3 aromatic rings. The van der Waals surface area contributed by atoms with E-state index >= 15 is 0 Å². The Balaban J connectivity index is 1.17. The van der Waals surface area contributed by atoms with E-state index in [4.69, 9.17) is 4.74 Å². The number of phenols is 1. The van der Waals surface area contributed by atoms with E-state index < -0.39 is 11.0 Å². The fourth-order valence-corrected chi connectivity index (χ4v) is 8.10. The summed E-state index contributed by atoms with van der Waals surface area (Å²) in [5.41, 5.74) is 2.20. The van der Waals surface area contributed by atoms with Gasteiger partial charge in [-0.2, -0.15) is 0 Å². The average Bonchev–Trinajstić information content (AvgIpc) is 3.45. The van der Waals surface area contributed by atoms with Crippen LogP contribution in [-0.4, -0.2) is 63.1 Å². The number of ether oxygens (including phenoxy) is 1. The monoisotopic (exact) mass is 497 g/mol. The lowest BCUT2D eigenvalue weighted by Gasteiger charge is -2.64. The van der Waals surface area contributed by atoms with Gasteiger partial charge in [0.25, 0.3) is 5.91 Å². The number of aromatic nitrogens is 1. The summed E-state index contributed by atoms with van der Waals surface area (Å²) >= 11 is 0. The average molecular weight is 498 g/mol. The number of hydrogen-bond donors (Lipinski definition) is 3. The Hall–Kier alpha value is -3.16. The molecule has 8 rings (SSSR count). The van der Waals surface area contributed by atoms with Gasteiger partial charge in [-0.25, -0.2) is 4.99 Å². The second kappa shape index (κ2) is 7.45. The van der Waals surface area contributed by atoms with E-state index in [1.807, 2.05) is 30.5 Å². The van der Waals surface area contributed by atoms with Gasteiger partial charge in [0, 0.05) is 52.9 Å². The fourth-order valence-electron chi connectivity index (χ4n) is 8.10. The molecule has 1 aromatic heterocycles. The largest absolute Gasteiger partial charge is 0.504 e. The molecule has 1 unspecified atom stereocenters. The van der Waals surface area contributed by atoms with Gasteiger partial charge in [-0.3, -0.25) is 9.69 Å². The van der Waals surface area contributed by atoms with Crippen molar-refractivity contribution in [3.8, 4) is 11.5 Å². The smallest absolute Gasteiger partial charge is 0.276 e. The molecule has 2 saturated carbocycles. The van der Waals surface area contributed by atoms with Crippen molar-refractivity contribution in [1.29, 1.82) is 0 Å². The SMILES string of the molecule is O=C(N=CC1CC[C@@]2(O)[C@H]3Cc4ccc(O)c5c4[C@@]2(CCN3CC2CC2)[C@H]1O5)c1ccc2[nH]ccc2c1. The van der Waals surface area contributed by atoms with Crippen LogP contribution in [-0.2, 0) is 11.8 Å². The molecule has 0 radical (unpaired) electrons. The summed E-state index contributed by atoms with van der Waals surface area (Å²) < 4.78 is 6.57. The highest BCUT2D eigenvalue weighted by Gasteiger charge is 2.72. The van der Waals surface area contributed by atoms with Crippen LogP contribution < -0.4 is 4.74 Å². The van der Waals surface area contributed by atoms with Crippen LogP contribution in [0.2, 0.25) is 0 Å². The molecule has 5 aliphatic rings. The Kier molecular flexibility index (Phi) is 4.41. The van der Waals surface area contributed by atoms with Crippen molar-refractivity contribution in [2.24, 2.45) is 16.8 Å². The maximum Gasteiger partial charge on any atom is 0.276 e. The van der Waals surface area contributed by atoms with Crippen LogP contribution in [0.15, 0.2) is 47.6 Å². The number of aliphatic imine (C=N–C) groups is 1. The summed E-state index contributed by atoms with van der Waals surface area (Å²) in [6, 6.07) is 11.3. The Morgan fingerprint density at radius 1 is 1.19 bits per heavy atom. The number of nitrogens with zero attached hydrogens (tertiary/aromatic N) is 2. The van der Waals surface area contributed by atoms with Crippen LogP contribution in [0, 0.1) is 11.8 Å². The number of carbonyl (C=O) groups is 1. The third-order valence-electron chi connectivity index (χ3n) is 9.99. The van der Waals surface area contributed by atoms with E-state index in [0.717, 1.165) is 48.3 Å². The normalized spacial score (nSPS) is 34.0. The molecule has 37 heavy (non-hydrogen) atoms. The molecule has 3 heterocycles. The molecule has 7 heteroatoms. The fraction of sp³-hybridized carbons (Fsp3) is 0.467. The van der Waals surface area contributed by atoms with Gasteiger partial charge in [0.15, 0.2) is 11.5 Å². The second-order valence-electron chi connectivity index (χ2n) is 11.9. The molecule has 5 atom stereocenters. The van der Waals surface area contributed by atoms with Crippen LogP contribution in [0.25, 0.3) is 10.9 Å². The second-order valence-corrected chi connectivity index (χ2v) is 11.9. The molecule has 3 aliphatic carbocycles. The summed E-state index contributed by atoms with van der Waals surface area (Å²) in [5, 5.41) is 24.3. The highest BCUT2D eigenvalue weighted by Crippen LogP contribution is 2.66. The number of piperidine rings is 1. The third-order valence-corrected chi connectivity index (χ3v) is 9.99. The first-order chi connectivity index (χ1) is 18.0. The Morgan fingerprint density at radius 2 is 2.08 bits per heavy atom. The number of likely N-dealkylation sites (tertiary alicyclic amines) is 1. The molecule has 1 saturated heterocycles. The zero-order valence-corrected chi connectivity index (χ0v) is 20.7. The lowest BCUT2D eigenvalue weighted by Crippen LogP contribution is -2.76. The topological polar surface area (TPSA) is 98.2 Å². The molecule has 2 aromatic carbocycles. The third kappa shape index (κ3) is 2.90. The number of benzene rings is 2. The predicted octanol–water partition coefficient (Wildman–Crippen LogP) is 3.97. The first-order valence-corrected chi connectivity index (χ1v) is 13.6. The van der Waals surface area contributed by atoms with E-state index in [-0.39, 0.29) is 29.7 Å². The first-order valence-electron chi connectivity index (χ1n) is 13.6. The summed E-state index contributed by atoms with van der Waals surface area (Å²) in [6.45, 7) is 1.97. The van der Waals surface area contributed by atoms with Gasteiger partial charge in [0.1, 0.15) is 6.10 Å². The van der Waals surface area contributed by atoms with Gasteiger partial charge < -0.3 is 19.9 Å². The van der Waals surface area contributed by atoms with Gasteiger partial charge >= 0.3 is 0 Å². The molecule has 190 valence electrons. The van der Waals surface area contributed by atoms with Crippen LogP contribution in [0.3, 0.4) is 0 Å². The molecule has 1 spiro atoms. The first kappa shape index (κ1) is 21.9. The van der Waals surface area contributed by atoms with Crippen molar-refractivity contribution >= 4 is 23.0 Å². The highest BCUT2D eigenvalue weighted by atomic mass is 16.5. The number of nitrogens with one attached hydrogen (secondary N) is 1. The molecule has 2 aliphatic heterocycles. The number of amides is 1. The Morgan fingerprint density at radius 3 is 2.95 bits per heavy atom. The van der Waals surface area contributed by atoms with Crippen molar-refractivity contribution in [2.75, 3.05) is 13.1 Å². The van der Waals surface area contributed by atoms with Gasteiger partial charge in [-0.05, 0) is 86.9 Å². The number of H-pyrrole nitrogens is 1. The highest BCUT2D eigenvalue weighted by molar-refractivity contribution is 6.02. The minimum absolute atomic E-state index is 0.0449. The minimum atomic E-state index is -0.926. The van der Waals surface area contributed by atoms with E-state index in [1.54, 1.807) is 18.3 Å². The van der Waals surface area contributed by atoms with Crippen LogP contribution in [0.4, 0.5) is 0 Å². The molecule has 2 bridgehead atoms. The Bertz CT molecular complexity index is 1470. The van der Waals surface area contributed by atoms with Crippen molar-refractivity contribution in [3.05, 3.63) is 59.3 Å². The Labute approximate surface area is 215 Å². The lowest BCUT2D eigenvalue weighted by molar-refractivity contribution is -0.191. The van der Waals surface area contributed by atoms with Crippen molar-refractivity contribution < 1.29 is 19.7 Å². The van der Waals surface area contributed by atoms with E-state index in [0.29, 0.717) is 24.2 Å². The van der Waals surface area contributed by atoms with Crippen LogP contribution in [0.1, 0.15) is 53.6 Å². The molecule has 3 N–H and O–H groups in total. The van der Waals surface area contributed by atoms with E-state index in [9.17, 15) is 15.0 Å². The molecule has 7 nitrogen and oxygen atoms in total. The quantitative estimate of drug-likeness (QED) is 0.474. The molecular weight excluding hydrogens is 466 g/mol. The predicted molar refractivity (Wildman–Crippen MR) is 139 cm³/mol. The van der Waals surface area contributed by atoms with E-state index in [1.165, 1.54) is 18.4 Å². The number of rotatable bonds is 4. The standard InChI is InChI=1S/C30H31N3O4/c34-23-6-4-19-14-24-30(36)9-7-21(15-32-28(35)20-3-5-22-18(13-20)8-11-31-22)27-29(30,25(19)26(23)37-27)10-12-33(24)16-17-1-2-17/h3-6,8,11,13,15,17,21,24,27,31,34,36H,1-2,7,9-10,12,14,16H2/t21?,24-,27+,29+,30-/m1/s1. The number of aromatic amines is 1. The van der Waals surface area contributed by atoms with Crippen LogP contribution in [0.5, 0.6) is 11.5 Å². The summed E-state index contributed by atoms with van der Waals surface area (Å²) in [4.78, 5) is 23.1. The van der Waals surface area contributed by atoms with Gasteiger partial charge in [0.05, 0.1) is 11.0 Å². The van der Waals surface area contributed by atoms with Crippen molar-refractivity contribution in [1.82, 2.24) is 9.88 Å². The van der Waals surface area contributed by atoms with Gasteiger partial charge in [0.2, 0.25) is 0 Å². The van der Waals surface area contributed by atoms with Crippen molar-refractivity contribution in [2.45, 2.75) is 61.7 Å². The number of carbonyl (C=O) groups excluding carboxylic acids is 1. The van der Waals surface area contributed by atoms with Gasteiger partial charge in [-0.1, -0.05) is 6.07 Å². The number of fused-ring (bicyclic) bond motifs is 1. The number of aromatic hydroxyl groups is 1. The number of phenolic OH excluding ortho intramolecular Hbond substituents is 1. The van der Waals surface area contributed by atoms with E-state index in [2.05, 4.69) is 14.9 Å².